The number of alkyl halides is 3. The zero-order valence-corrected chi connectivity index (χ0v) is 18.7. The monoisotopic (exact) mass is 483 g/mol. The van der Waals surface area contributed by atoms with Gasteiger partial charge in [0.2, 0.25) is 11.8 Å². The first-order chi connectivity index (χ1) is 16.2. The van der Waals surface area contributed by atoms with E-state index < -0.39 is 17.6 Å². The van der Waals surface area contributed by atoms with Crippen LogP contribution >= 0.6 is 0 Å². The summed E-state index contributed by atoms with van der Waals surface area (Å²) in [6, 6.07) is 3.02. The molecule has 5 atom stereocenters. The van der Waals surface area contributed by atoms with Crippen LogP contribution in [-0.2, 0) is 22.2 Å². The highest BCUT2D eigenvalue weighted by Crippen LogP contribution is 2.35. The first-order valence-electron chi connectivity index (χ1n) is 11.9. The van der Waals surface area contributed by atoms with Gasteiger partial charge in [-0.15, -0.1) is 0 Å². The first-order valence-corrected chi connectivity index (χ1v) is 11.9. The second-order valence-corrected chi connectivity index (χ2v) is 10.0. The standard InChI is InChI=1S/C23H29F4N5O2/c24-18-6-13(5-17(8-18)23(25,26)27)1-4-21(33)31-9-15-11-32(12-16(15)10-31)22(34)14-2-3-19-20(7-14)29-30-28-19/h5-6,8,14-16,19-20,28-30H,1-4,7,9-12H2/t14?,15-,16+,19?,20?. The van der Waals surface area contributed by atoms with Crippen molar-refractivity contribution in [1.29, 1.82) is 0 Å². The Morgan fingerprint density at radius 2 is 1.62 bits per heavy atom. The second kappa shape index (κ2) is 9.09. The van der Waals surface area contributed by atoms with E-state index in [2.05, 4.69) is 16.4 Å². The number of nitrogens with zero attached hydrogens (tertiary/aromatic N) is 2. The third kappa shape index (κ3) is 4.78. The summed E-state index contributed by atoms with van der Waals surface area (Å²) in [5, 5.41) is 0. The number of rotatable bonds is 4. The van der Waals surface area contributed by atoms with E-state index in [1.54, 1.807) is 4.90 Å². The van der Waals surface area contributed by atoms with Gasteiger partial charge in [-0.25, -0.2) is 15.2 Å². The lowest BCUT2D eigenvalue weighted by atomic mass is 9.82. The van der Waals surface area contributed by atoms with Gasteiger partial charge in [0.1, 0.15) is 5.82 Å². The first kappa shape index (κ1) is 23.5. The number of carbonyl (C=O) groups is 2. The molecule has 7 nitrogen and oxygen atoms in total. The topological polar surface area (TPSA) is 76.7 Å². The molecule has 1 saturated carbocycles. The van der Waals surface area contributed by atoms with Gasteiger partial charge in [0.05, 0.1) is 5.56 Å². The molecule has 5 rings (SSSR count). The van der Waals surface area contributed by atoms with Gasteiger partial charge in [0.15, 0.2) is 0 Å². The number of halogens is 4. The Morgan fingerprint density at radius 3 is 2.32 bits per heavy atom. The Hall–Kier alpha value is -2.24. The molecule has 4 aliphatic rings. The predicted molar refractivity (Wildman–Crippen MR) is 114 cm³/mol. The van der Waals surface area contributed by atoms with Crippen molar-refractivity contribution in [2.75, 3.05) is 26.2 Å². The van der Waals surface area contributed by atoms with Crippen LogP contribution < -0.4 is 16.4 Å². The summed E-state index contributed by atoms with van der Waals surface area (Å²) in [6.45, 7) is 2.38. The van der Waals surface area contributed by atoms with E-state index in [0.29, 0.717) is 38.3 Å². The fourth-order valence-corrected chi connectivity index (χ4v) is 5.96. The number of hydrogen-bond acceptors (Lipinski definition) is 5. The maximum absolute atomic E-state index is 13.6. The lowest BCUT2D eigenvalue weighted by Gasteiger charge is -2.32. The van der Waals surface area contributed by atoms with Gasteiger partial charge in [0.25, 0.3) is 0 Å². The lowest BCUT2D eigenvalue weighted by molar-refractivity contribution is -0.138. The average Bonchev–Trinajstić information content (AvgIpc) is 3.50. The molecule has 1 aromatic carbocycles. The molecule has 2 amide bonds. The zero-order chi connectivity index (χ0) is 24.0. The van der Waals surface area contributed by atoms with Gasteiger partial charge >= 0.3 is 6.18 Å². The molecular weight excluding hydrogens is 454 g/mol. The van der Waals surface area contributed by atoms with E-state index >= 15 is 0 Å². The summed E-state index contributed by atoms with van der Waals surface area (Å²) in [5.74, 6) is -0.435. The van der Waals surface area contributed by atoms with Gasteiger partial charge in [-0.3, -0.25) is 9.59 Å². The highest BCUT2D eigenvalue weighted by molar-refractivity contribution is 5.80. The van der Waals surface area contributed by atoms with Gasteiger partial charge in [-0.2, -0.15) is 18.7 Å². The fraction of sp³-hybridized carbons (Fsp3) is 0.652. The third-order valence-electron chi connectivity index (χ3n) is 7.78. The minimum Gasteiger partial charge on any atom is -0.342 e. The molecule has 0 spiro atoms. The average molecular weight is 484 g/mol. The number of hydrazine groups is 2. The van der Waals surface area contributed by atoms with Crippen molar-refractivity contribution >= 4 is 11.8 Å². The summed E-state index contributed by atoms with van der Waals surface area (Å²) in [7, 11) is 0. The molecule has 11 heteroatoms. The van der Waals surface area contributed by atoms with Crippen LogP contribution in [0, 0.1) is 23.6 Å². The largest absolute Gasteiger partial charge is 0.416 e. The number of hydrogen-bond donors (Lipinski definition) is 3. The smallest absolute Gasteiger partial charge is 0.342 e. The molecule has 4 fully saturated rings. The van der Waals surface area contributed by atoms with E-state index in [9.17, 15) is 27.2 Å². The van der Waals surface area contributed by atoms with Crippen molar-refractivity contribution in [2.45, 2.75) is 50.4 Å². The number of nitrogens with one attached hydrogen (secondary N) is 3. The molecule has 0 bridgehead atoms. The molecule has 3 aliphatic heterocycles. The highest BCUT2D eigenvalue weighted by Gasteiger charge is 2.45. The Kier molecular flexibility index (Phi) is 6.28. The SMILES string of the molecule is O=C(CCc1cc(F)cc(C(F)(F)F)c1)N1C[C@@H]2CN(C(=O)C3CCC4NNNC4C3)C[C@@H]2C1. The van der Waals surface area contributed by atoms with Crippen LogP contribution in [0.3, 0.4) is 0 Å². The van der Waals surface area contributed by atoms with Crippen molar-refractivity contribution in [3.05, 3.63) is 35.1 Å². The van der Waals surface area contributed by atoms with E-state index in [1.807, 2.05) is 4.90 Å². The lowest BCUT2D eigenvalue weighted by Crippen LogP contribution is -2.45. The second-order valence-electron chi connectivity index (χ2n) is 10.0. The third-order valence-corrected chi connectivity index (χ3v) is 7.78. The van der Waals surface area contributed by atoms with Crippen molar-refractivity contribution < 1.29 is 27.2 Å². The molecule has 34 heavy (non-hydrogen) atoms. The van der Waals surface area contributed by atoms with Gasteiger partial charge < -0.3 is 9.80 Å². The molecular formula is C23H29F4N5O2. The van der Waals surface area contributed by atoms with E-state index in [0.717, 1.165) is 31.4 Å². The van der Waals surface area contributed by atoms with E-state index in [4.69, 9.17) is 0 Å². The summed E-state index contributed by atoms with van der Waals surface area (Å²) < 4.78 is 52.3. The normalized spacial score (nSPS) is 31.0. The number of fused-ring (bicyclic) bond motifs is 2. The predicted octanol–water partition coefficient (Wildman–Crippen LogP) is 1.84. The molecule has 3 N–H and O–H groups in total. The van der Waals surface area contributed by atoms with Gasteiger partial charge in [0, 0.05) is 62.4 Å². The molecule has 3 unspecified atom stereocenters. The summed E-state index contributed by atoms with van der Waals surface area (Å²) in [5.41, 5.74) is 8.42. The Labute approximate surface area is 195 Å². The zero-order valence-electron chi connectivity index (χ0n) is 18.7. The van der Waals surface area contributed by atoms with E-state index in [-0.39, 0.29) is 54.0 Å². The van der Waals surface area contributed by atoms with Crippen LogP contribution in [0.25, 0.3) is 0 Å². The van der Waals surface area contributed by atoms with Crippen LogP contribution in [-0.4, -0.2) is 59.9 Å². The van der Waals surface area contributed by atoms with E-state index in [1.165, 1.54) is 0 Å². The fourth-order valence-electron chi connectivity index (χ4n) is 5.96. The number of likely N-dealkylation sites (tertiary alicyclic amines) is 2. The van der Waals surface area contributed by atoms with Crippen molar-refractivity contribution in [3.63, 3.8) is 0 Å². The van der Waals surface area contributed by atoms with Crippen LogP contribution in [0.1, 0.15) is 36.8 Å². The molecule has 1 aliphatic carbocycles. The van der Waals surface area contributed by atoms with Crippen molar-refractivity contribution in [1.82, 2.24) is 26.2 Å². The minimum atomic E-state index is -4.63. The van der Waals surface area contributed by atoms with Crippen LogP contribution in [0.15, 0.2) is 18.2 Å². The van der Waals surface area contributed by atoms with Crippen molar-refractivity contribution in [3.8, 4) is 0 Å². The Morgan fingerprint density at radius 1 is 0.941 bits per heavy atom. The maximum Gasteiger partial charge on any atom is 0.416 e. The quantitative estimate of drug-likeness (QED) is 0.570. The maximum atomic E-state index is 13.6. The molecule has 3 saturated heterocycles. The molecule has 3 heterocycles. The summed E-state index contributed by atoms with van der Waals surface area (Å²) in [4.78, 5) is 29.5. The molecule has 186 valence electrons. The van der Waals surface area contributed by atoms with Crippen LogP contribution in [0.2, 0.25) is 0 Å². The van der Waals surface area contributed by atoms with Crippen molar-refractivity contribution in [2.24, 2.45) is 17.8 Å². The van der Waals surface area contributed by atoms with Gasteiger partial charge in [-0.05, 0) is 49.4 Å². The Bertz CT molecular complexity index is 944. The molecule has 0 aromatic heterocycles. The number of aryl methyl sites for hydroxylation is 1. The number of amides is 2. The number of benzene rings is 1. The Balaban J connectivity index is 1.11. The summed E-state index contributed by atoms with van der Waals surface area (Å²) in [6.07, 6.45) is -1.93. The number of carbonyl (C=O) groups excluding carboxylic acids is 2. The van der Waals surface area contributed by atoms with Crippen LogP contribution in [0.5, 0.6) is 0 Å². The van der Waals surface area contributed by atoms with Gasteiger partial charge in [-0.1, -0.05) is 0 Å². The van der Waals surface area contributed by atoms with Crippen LogP contribution in [0.4, 0.5) is 17.6 Å². The molecule has 0 radical (unpaired) electrons. The molecule has 1 aromatic rings. The highest BCUT2D eigenvalue weighted by atomic mass is 19.4. The summed E-state index contributed by atoms with van der Waals surface area (Å²) >= 11 is 0. The minimum absolute atomic E-state index is 0.0138.